The number of carbonyl (C=O) groups is 2. The van der Waals surface area contributed by atoms with Crippen LogP contribution in [0.2, 0.25) is 0 Å². The second-order valence-electron chi connectivity index (χ2n) is 4.77. The third-order valence-corrected chi connectivity index (χ3v) is 3.35. The first-order valence-electron chi connectivity index (χ1n) is 6.34. The van der Waals surface area contributed by atoms with Gasteiger partial charge in [-0.3, -0.25) is 9.59 Å². The molecule has 0 radical (unpaired) electrons. The van der Waals surface area contributed by atoms with E-state index in [9.17, 15) is 18.4 Å². The molecule has 0 N–H and O–H groups in total. The standard InChI is InChI=1S/C14H15F2NO3/c1-20-14(19)9-3-2-4-17(8-9)13(18)10-5-11(15)7-12(16)6-10/h5-7,9H,2-4,8H2,1H3. The summed E-state index contributed by atoms with van der Waals surface area (Å²) in [6.07, 6.45) is 1.30. The number of amides is 1. The van der Waals surface area contributed by atoms with Crippen molar-refractivity contribution in [3.05, 3.63) is 35.4 Å². The molecule has 0 spiro atoms. The molecule has 1 saturated heterocycles. The maximum Gasteiger partial charge on any atom is 0.310 e. The molecule has 1 unspecified atom stereocenters. The van der Waals surface area contributed by atoms with Crippen LogP contribution in [0.25, 0.3) is 0 Å². The molecule has 0 aliphatic carbocycles. The summed E-state index contributed by atoms with van der Waals surface area (Å²) < 4.78 is 30.9. The predicted octanol–water partition coefficient (Wildman–Crippen LogP) is 1.99. The summed E-state index contributed by atoms with van der Waals surface area (Å²) in [5, 5.41) is 0. The molecular weight excluding hydrogens is 268 g/mol. The minimum atomic E-state index is -0.796. The van der Waals surface area contributed by atoms with Gasteiger partial charge in [-0.15, -0.1) is 0 Å². The van der Waals surface area contributed by atoms with Crippen LogP contribution in [0.3, 0.4) is 0 Å². The Morgan fingerprint density at radius 1 is 1.25 bits per heavy atom. The molecule has 2 rings (SSSR count). The van der Waals surface area contributed by atoms with Gasteiger partial charge in [0.1, 0.15) is 11.6 Å². The van der Waals surface area contributed by atoms with Crippen molar-refractivity contribution in [3.63, 3.8) is 0 Å². The van der Waals surface area contributed by atoms with E-state index in [2.05, 4.69) is 4.74 Å². The van der Waals surface area contributed by atoms with Crippen molar-refractivity contribution in [1.82, 2.24) is 4.90 Å². The van der Waals surface area contributed by atoms with E-state index in [1.54, 1.807) is 0 Å². The van der Waals surface area contributed by atoms with Crippen molar-refractivity contribution in [3.8, 4) is 0 Å². The predicted molar refractivity (Wildman–Crippen MR) is 67.0 cm³/mol. The summed E-state index contributed by atoms with van der Waals surface area (Å²) in [5.74, 6) is -2.81. The first-order chi connectivity index (χ1) is 9.51. The monoisotopic (exact) mass is 283 g/mol. The zero-order chi connectivity index (χ0) is 14.7. The molecular formula is C14H15F2NO3. The van der Waals surface area contributed by atoms with E-state index in [1.165, 1.54) is 12.0 Å². The Morgan fingerprint density at radius 3 is 2.50 bits per heavy atom. The Bertz CT molecular complexity index is 513. The molecule has 1 fully saturated rings. The first-order valence-corrected chi connectivity index (χ1v) is 6.34. The van der Waals surface area contributed by atoms with Gasteiger partial charge in [0.05, 0.1) is 13.0 Å². The fraction of sp³-hybridized carbons (Fsp3) is 0.429. The molecule has 1 amide bonds. The fourth-order valence-electron chi connectivity index (χ4n) is 2.38. The van der Waals surface area contributed by atoms with Gasteiger partial charge < -0.3 is 9.64 Å². The molecule has 1 aromatic rings. The first kappa shape index (κ1) is 14.4. The van der Waals surface area contributed by atoms with Gasteiger partial charge in [0.25, 0.3) is 5.91 Å². The molecule has 1 atom stereocenters. The number of methoxy groups -OCH3 is 1. The highest BCUT2D eigenvalue weighted by Crippen LogP contribution is 2.20. The molecule has 20 heavy (non-hydrogen) atoms. The summed E-state index contributed by atoms with van der Waals surface area (Å²) in [7, 11) is 1.30. The highest BCUT2D eigenvalue weighted by atomic mass is 19.1. The summed E-state index contributed by atoms with van der Waals surface area (Å²) in [6.45, 7) is 0.675. The van der Waals surface area contributed by atoms with Gasteiger partial charge in [-0.2, -0.15) is 0 Å². The van der Waals surface area contributed by atoms with Gasteiger partial charge in [-0.05, 0) is 25.0 Å². The number of rotatable bonds is 2. The van der Waals surface area contributed by atoms with Crippen LogP contribution in [-0.4, -0.2) is 37.0 Å². The van der Waals surface area contributed by atoms with Crippen molar-refractivity contribution in [2.24, 2.45) is 5.92 Å². The van der Waals surface area contributed by atoms with Gasteiger partial charge in [0, 0.05) is 24.7 Å². The maximum absolute atomic E-state index is 13.1. The van der Waals surface area contributed by atoms with Gasteiger partial charge in [0.2, 0.25) is 0 Å². The number of ether oxygens (including phenoxy) is 1. The average molecular weight is 283 g/mol. The largest absolute Gasteiger partial charge is 0.469 e. The molecule has 1 aliphatic rings. The summed E-state index contributed by atoms with van der Waals surface area (Å²) in [4.78, 5) is 25.1. The van der Waals surface area contributed by atoms with Gasteiger partial charge in [-0.25, -0.2) is 8.78 Å². The Kier molecular flexibility index (Phi) is 4.32. The van der Waals surface area contributed by atoms with Crippen molar-refractivity contribution in [1.29, 1.82) is 0 Å². The molecule has 108 valence electrons. The fourth-order valence-corrected chi connectivity index (χ4v) is 2.38. The van der Waals surface area contributed by atoms with Crippen molar-refractivity contribution >= 4 is 11.9 Å². The third kappa shape index (κ3) is 3.12. The molecule has 0 saturated carbocycles. The number of likely N-dealkylation sites (tertiary alicyclic amines) is 1. The topological polar surface area (TPSA) is 46.6 Å². The van der Waals surface area contributed by atoms with E-state index in [-0.39, 0.29) is 24.0 Å². The van der Waals surface area contributed by atoms with Crippen LogP contribution in [0.4, 0.5) is 8.78 Å². The minimum absolute atomic E-state index is 0.0481. The Hall–Kier alpha value is -1.98. The van der Waals surface area contributed by atoms with E-state index in [0.29, 0.717) is 25.5 Å². The Balaban J connectivity index is 2.14. The zero-order valence-electron chi connectivity index (χ0n) is 11.1. The number of halogens is 2. The van der Waals surface area contributed by atoms with Gasteiger partial charge in [0.15, 0.2) is 0 Å². The zero-order valence-corrected chi connectivity index (χ0v) is 11.1. The quantitative estimate of drug-likeness (QED) is 0.780. The van der Waals surface area contributed by atoms with Crippen LogP contribution >= 0.6 is 0 Å². The van der Waals surface area contributed by atoms with Crippen LogP contribution in [0.1, 0.15) is 23.2 Å². The van der Waals surface area contributed by atoms with Crippen molar-refractivity contribution in [2.75, 3.05) is 20.2 Å². The molecule has 0 aromatic heterocycles. The Labute approximate surface area is 115 Å². The van der Waals surface area contributed by atoms with E-state index in [4.69, 9.17) is 0 Å². The van der Waals surface area contributed by atoms with Gasteiger partial charge in [-0.1, -0.05) is 0 Å². The van der Waals surface area contributed by atoms with Crippen LogP contribution in [0.15, 0.2) is 18.2 Å². The number of esters is 1. The average Bonchev–Trinajstić information content (AvgIpc) is 2.44. The lowest BCUT2D eigenvalue weighted by Gasteiger charge is -2.31. The van der Waals surface area contributed by atoms with Gasteiger partial charge >= 0.3 is 5.97 Å². The van der Waals surface area contributed by atoms with Crippen LogP contribution < -0.4 is 0 Å². The Morgan fingerprint density at radius 2 is 1.90 bits per heavy atom. The van der Waals surface area contributed by atoms with Crippen LogP contribution in [0, 0.1) is 17.6 Å². The molecule has 1 aromatic carbocycles. The molecule has 6 heteroatoms. The molecule has 1 aliphatic heterocycles. The minimum Gasteiger partial charge on any atom is -0.469 e. The number of nitrogens with zero attached hydrogens (tertiary/aromatic N) is 1. The molecule has 1 heterocycles. The number of hydrogen-bond acceptors (Lipinski definition) is 3. The number of piperidine rings is 1. The van der Waals surface area contributed by atoms with E-state index in [0.717, 1.165) is 12.1 Å². The third-order valence-electron chi connectivity index (χ3n) is 3.35. The SMILES string of the molecule is COC(=O)C1CCCN(C(=O)c2cc(F)cc(F)c2)C1. The number of carbonyl (C=O) groups excluding carboxylic acids is 2. The normalized spacial score (nSPS) is 18.8. The van der Waals surface area contributed by atoms with E-state index < -0.39 is 17.5 Å². The molecule has 0 bridgehead atoms. The number of hydrogen-bond donors (Lipinski definition) is 0. The summed E-state index contributed by atoms with van der Waals surface area (Å²) in [5.41, 5.74) is -0.0481. The van der Waals surface area contributed by atoms with E-state index >= 15 is 0 Å². The summed E-state index contributed by atoms with van der Waals surface area (Å²) >= 11 is 0. The second kappa shape index (κ2) is 5.98. The van der Waals surface area contributed by atoms with E-state index in [1.807, 2.05) is 0 Å². The lowest BCUT2D eigenvalue weighted by molar-refractivity contribution is -0.146. The highest BCUT2D eigenvalue weighted by Gasteiger charge is 2.29. The number of benzene rings is 1. The lowest BCUT2D eigenvalue weighted by atomic mass is 9.97. The van der Waals surface area contributed by atoms with Crippen LogP contribution in [0.5, 0.6) is 0 Å². The molecule has 4 nitrogen and oxygen atoms in total. The highest BCUT2D eigenvalue weighted by molar-refractivity contribution is 5.94. The van der Waals surface area contributed by atoms with Crippen LogP contribution in [-0.2, 0) is 9.53 Å². The second-order valence-corrected chi connectivity index (χ2v) is 4.77. The smallest absolute Gasteiger partial charge is 0.310 e. The van der Waals surface area contributed by atoms with Crippen molar-refractivity contribution in [2.45, 2.75) is 12.8 Å². The maximum atomic E-state index is 13.1. The lowest BCUT2D eigenvalue weighted by Crippen LogP contribution is -2.42. The van der Waals surface area contributed by atoms with Crippen molar-refractivity contribution < 1.29 is 23.1 Å². The summed E-state index contributed by atoms with van der Waals surface area (Å²) in [6, 6.07) is 2.70.